The number of carboxylic acid groups (broad SMARTS) is 1. The highest BCUT2D eigenvalue weighted by Gasteiger charge is 2.29. The van der Waals surface area contributed by atoms with Crippen molar-refractivity contribution in [3.63, 3.8) is 0 Å². The molecule has 1 atom stereocenters. The number of carboxylic acids is 1. The van der Waals surface area contributed by atoms with Crippen LogP contribution in [-0.4, -0.2) is 59.1 Å². The zero-order chi connectivity index (χ0) is 17.0. The molecule has 9 nitrogen and oxygen atoms in total. The fraction of sp³-hybridized carbons (Fsp3) is 0.538. The Bertz CT molecular complexity index is 626. The molecule has 1 fully saturated rings. The van der Waals surface area contributed by atoms with E-state index in [0.717, 1.165) is 17.8 Å². The summed E-state index contributed by atoms with van der Waals surface area (Å²) < 4.78 is 5.09. The fourth-order valence-corrected chi connectivity index (χ4v) is 3.27. The van der Waals surface area contributed by atoms with E-state index in [9.17, 15) is 9.59 Å². The maximum atomic E-state index is 12.5. The van der Waals surface area contributed by atoms with Crippen LogP contribution in [0.1, 0.15) is 21.8 Å². The topological polar surface area (TPSA) is 144 Å². The van der Waals surface area contributed by atoms with Crippen molar-refractivity contribution in [2.45, 2.75) is 13.3 Å². The largest absolute Gasteiger partial charge is 0.480 e. The van der Waals surface area contributed by atoms with Gasteiger partial charge in [-0.2, -0.15) is 4.99 Å². The zero-order valence-electron chi connectivity index (χ0n) is 12.7. The summed E-state index contributed by atoms with van der Waals surface area (Å²) in [6, 6.07) is 0. The second-order valence-corrected chi connectivity index (χ2v) is 6.24. The van der Waals surface area contributed by atoms with Gasteiger partial charge in [0.2, 0.25) is 5.13 Å². The number of nitrogens with zero attached hydrogens (tertiary/aromatic N) is 3. The van der Waals surface area contributed by atoms with Crippen molar-refractivity contribution in [3.05, 3.63) is 10.6 Å². The van der Waals surface area contributed by atoms with Gasteiger partial charge in [-0.15, -0.1) is 0 Å². The quantitative estimate of drug-likeness (QED) is 0.485. The van der Waals surface area contributed by atoms with Gasteiger partial charge in [-0.3, -0.25) is 4.79 Å². The molecule has 1 aromatic heterocycles. The van der Waals surface area contributed by atoms with Crippen LogP contribution in [0.25, 0.3) is 0 Å². The third-order valence-electron chi connectivity index (χ3n) is 3.36. The summed E-state index contributed by atoms with van der Waals surface area (Å²) >= 11 is 1.15. The SMILES string of the molecule is Cc1nc(N=C(N)N)sc1C(=O)N1CC[C@H](COCC(=O)O)C1. The normalized spacial score (nSPS) is 17.3. The van der Waals surface area contributed by atoms with E-state index in [4.69, 9.17) is 21.3 Å². The van der Waals surface area contributed by atoms with Crippen molar-refractivity contribution < 1.29 is 19.4 Å². The molecule has 126 valence electrons. The molecule has 0 spiro atoms. The lowest BCUT2D eigenvalue weighted by molar-refractivity contribution is -0.142. The summed E-state index contributed by atoms with van der Waals surface area (Å²) in [6.07, 6.45) is 0.782. The predicted octanol–water partition coefficient (Wildman–Crippen LogP) is -0.0803. The number of aliphatic carboxylic acids is 1. The van der Waals surface area contributed by atoms with Crippen molar-refractivity contribution in [1.29, 1.82) is 0 Å². The average molecular weight is 341 g/mol. The summed E-state index contributed by atoms with van der Waals surface area (Å²) in [5, 5.41) is 8.90. The number of rotatable bonds is 6. The van der Waals surface area contributed by atoms with Crippen LogP contribution in [0, 0.1) is 12.8 Å². The number of nitrogens with two attached hydrogens (primary N) is 2. The zero-order valence-corrected chi connectivity index (χ0v) is 13.5. The van der Waals surface area contributed by atoms with Crippen LogP contribution < -0.4 is 11.5 Å². The third kappa shape index (κ3) is 4.63. The third-order valence-corrected chi connectivity index (χ3v) is 4.40. The van der Waals surface area contributed by atoms with Crippen LogP contribution >= 0.6 is 11.3 Å². The second-order valence-electron chi connectivity index (χ2n) is 5.26. The molecule has 0 unspecified atom stereocenters. The molecule has 0 saturated carbocycles. The van der Waals surface area contributed by atoms with Crippen molar-refractivity contribution >= 4 is 34.3 Å². The highest BCUT2D eigenvalue weighted by molar-refractivity contribution is 7.17. The number of aryl methyl sites for hydroxylation is 1. The Balaban J connectivity index is 1.95. The van der Waals surface area contributed by atoms with Crippen LogP contribution in [-0.2, 0) is 9.53 Å². The minimum Gasteiger partial charge on any atom is -0.480 e. The van der Waals surface area contributed by atoms with Gasteiger partial charge in [0.05, 0.1) is 12.3 Å². The van der Waals surface area contributed by atoms with Crippen LogP contribution in [0.15, 0.2) is 4.99 Å². The first-order valence-electron chi connectivity index (χ1n) is 7.02. The lowest BCUT2D eigenvalue weighted by Gasteiger charge is -2.15. The van der Waals surface area contributed by atoms with E-state index in [1.807, 2.05) is 0 Å². The van der Waals surface area contributed by atoms with Gasteiger partial charge < -0.3 is 26.2 Å². The van der Waals surface area contributed by atoms with Gasteiger partial charge in [0, 0.05) is 19.0 Å². The van der Waals surface area contributed by atoms with Crippen molar-refractivity contribution in [2.75, 3.05) is 26.3 Å². The Labute approximate surface area is 137 Å². The van der Waals surface area contributed by atoms with Crippen LogP contribution in [0.5, 0.6) is 0 Å². The molecule has 1 aromatic rings. The van der Waals surface area contributed by atoms with E-state index < -0.39 is 5.97 Å². The molecule has 1 amide bonds. The summed E-state index contributed by atoms with van der Waals surface area (Å²) in [4.78, 5) is 33.2. The number of amides is 1. The highest BCUT2D eigenvalue weighted by atomic mass is 32.1. The number of carbonyl (C=O) groups excluding carboxylic acids is 1. The molecule has 23 heavy (non-hydrogen) atoms. The number of aliphatic imine (C=N–C) groups is 1. The van der Waals surface area contributed by atoms with Crippen molar-refractivity contribution in [2.24, 2.45) is 22.4 Å². The molecule has 2 rings (SSSR count). The number of thiazole rings is 1. The molecule has 1 aliphatic heterocycles. The van der Waals surface area contributed by atoms with Crippen LogP contribution in [0.2, 0.25) is 0 Å². The van der Waals surface area contributed by atoms with E-state index in [1.165, 1.54) is 0 Å². The maximum Gasteiger partial charge on any atom is 0.329 e. The van der Waals surface area contributed by atoms with Gasteiger partial charge in [0.15, 0.2) is 5.96 Å². The van der Waals surface area contributed by atoms with E-state index in [-0.39, 0.29) is 24.4 Å². The van der Waals surface area contributed by atoms with Gasteiger partial charge in [0.1, 0.15) is 11.5 Å². The number of hydrogen-bond acceptors (Lipinski definition) is 6. The Morgan fingerprint density at radius 1 is 1.52 bits per heavy atom. The predicted molar refractivity (Wildman–Crippen MR) is 84.8 cm³/mol. The number of hydrogen-bond donors (Lipinski definition) is 3. The Hall–Kier alpha value is -2.20. The standard InChI is InChI=1S/C13H19N5O4S/c1-7-10(23-13(16-7)17-12(14)15)11(21)18-3-2-8(4-18)5-22-6-9(19)20/h8H,2-6H2,1H3,(H,19,20)(H4,14,15,16,17)/t8-/m0/s1. The second kappa shape index (κ2) is 7.38. The monoisotopic (exact) mass is 341 g/mol. The van der Waals surface area contributed by atoms with Crippen LogP contribution in [0.4, 0.5) is 5.13 Å². The minimum atomic E-state index is -0.997. The molecule has 0 bridgehead atoms. The van der Waals surface area contributed by atoms with Gasteiger partial charge >= 0.3 is 5.97 Å². The summed E-state index contributed by atoms with van der Waals surface area (Å²) in [7, 11) is 0. The van der Waals surface area contributed by atoms with Crippen molar-refractivity contribution in [3.8, 4) is 0 Å². The Morgan fingerprint density at radius 3 is 2.91 bits per heavy atom. The first-order valence-corrected chi connectivity index (χ1v) is 7.84. The average Bonchev–Trinajstić information content (AvgIpc) is 3.04. The maximum absolute atomic E-state index is 12.5. The number of likely N-dealkylation sites (tertiary alicyclic amines) is 1. The fourth-order valence-electron chi connectivity index (χ4n) is 2.35. The lowest BCUT2D eigenvalue weighted by atomic mass is 10.1. The number of aromatic nitrogens is 1. The lowest BCUT2D eigenvalue weighted by Crippen LogP contribution is -2.29. The van der Waals surface area contributed by atoms with Gasteiger partial charge in [-0.05, 0) is 13.3 Å². The van der Waals surface area contributed by atoms with Crippen LogP contribution in [0.3, 0.4) is 0 Å². The molecule has 1 saturated heterocycles. The summed E-state index contributed by atoms with van der Waals surface area (Å²) in [5.74, 6) is -1.07. The van der Waals surface area contributed by atoms with E-state index in [2.05, 4.69) is 9.98 Å². The van der Waals surface area contributed by atoms with Gasteiger partial charge in [0.25, 0.3) is 5.91 Å². The van der Waals surface area contributed by atoms with E-state index in [0.29, 0.717) is 35.4 Å². The molecule has 5 N–H and O–H groups in total. The Morgan fingerprint density at radius 2 is 2.26 bits per heavy atom. The molecule has 0 aliphatic carbocycles. The molecule has 1 aliphatic rings. The molecular weight excluding hydrogens is 322 g/mol. The molecule has 2 heterocycles. The van der Waals surface area contributed by atoms with E-state index >= 15 is 0 Å². The summed E-state index contributed by atoms with van der Waals surface area (Å²) in [6.45, 7) is 2.89. The smallest absolute Gasteiger partial charge is 0.329 e. The summed E-state index contributed by atoms with van der Waals surface area (Å²) in [5.41, 5.74) is 11.2. The number of ether oxygens (including phenoxy) is 1. The number of carbonyl (C=O) groups is 2. The molecular formula is C13H19N5O4S. The first kappa shape index (κ1) is 17.2. The molecule has 0 radical (unpaired) electrons. The number of guanidine groups is 1. The van der Waals surface area contributed by atoms with Crippen molar-refractivity contribution in [1.82, 2.24) is 9.88 Å². The molecule has 10 heteroatoms. The van der Waals surface area contributed by atoms with E-state index in [1.54, 1.807) is 11.8 Å². The van der Waals surface area contributed by atoms with Gasteiger partial charge in [-0.1, -0.05) is 11.3 Å². The minimum absolute atomic E-state index is 0.102. The Kier molecular flexibility index (Phi) is 5.50. The molecule has 0 aromatic carbocycles. The van der Waals surface area contributed by atoms with Gasteiger partial charge in [-0.25, -0.2) is 9.78 Å². The highest BCUT2D eigenvalue weighted by Crippen LogP contribution is 2.28. The first-order chi connectivity index (χ1) is 10.9.